The first-order valence-corrected chi connectivity index (χ1v) is 7.10. The summed E-state index contributed by atoms with van der Waals surface area (Å²) in [4.78, 5) is 6.50. The highest BCUT2D eigenvalue weighted by Gasteiger charge is 2.17. The molecular formula is C11H15Br2N3O. The molecule has 0 spiro atoms. The first kappa shape index (κ1) is 13.3. The minimum atomic E-state index is 0.228. The first-order chi connectivity index (χ1) is 8.16. The van der Waals surface area contributed by atoms with Crippen molar-refractivity contribution in [3.8, 4) is 0 Å². The second-order valence-corrected chi connectivity index (χ2v) is 5.81. The Morgan fingerprint density at radius 3 is 3.06 bits per heavy atom. The molecule has 1 aromatic rings. The van der Waals surface area contributed by atoms with Crippen molar-refractivity contribution in [1.29, 1.82) is 0 Å². The molecule has 0 radical (unpaired) electrons. The molecule has 2 heterocycles. The summed E-state index contributed by atoms with van der Waals surface area (Å²) in [6, 6.07) is 2.00. The Kier molecular flexibility index (Phi) is 4.78. The number of morpholine rings is 1. The number of rotatable bonds is 3. The van der Waals surface area contributed by atoms with Crippen LogP contribution in [-0.4, -0.2) is 44.4 Å². The van der Waals surface area contributed by atoms with Gasteiger partial charge in [-0.1, -0.05) is 0 Å². The van der Waals surface area contributed by atoms with E-state index in [4.69, 9.17) is 4.74 Å². The Labute approximate surface area is 118 Å². The lowest BCUT2D eigenvalue weighted by Gasteiger charge is -2.29. The molecule has 17 heavy (non-hydrogen) atoms. The van der Waals surface area contributed by atoms with Gasteiger partial charge in [0.05, 0.1) is 17.2 Å². The van der Waals surface area contributed by atoms with E-state index in [2.05, 4.69) is 47.1 Å². The summed E-state index contributed by atoms with van der Waals surface area (Å²) >= 11 is 6.92. The van der Waals surface area contributed by atoms with Crippen molar-refractivity contribution in [1.82, 2.24) is 10.3 Å². The standard InChI is InChI=1S/C11H15Br2N3O/c1-16(7-9-6-14-2-3-17-9)11-10(13)4-8(12)5-15-11/h4-5,9,14H,2-3,6-7H2,1H3. The van der Waals surface area contributed by atoms with Crippen molar-refractivity contribution in [3.63, 3.8) is 0 Å². The minimum Gasteiger partial charge on any atom is -0.374 e. The molecule has 1 N–H and O–H groups in total. The van der Waals surface area contributed by atoms with Crippen LogP contribution in [0.4, 0.5) is 5.82 Å². The van der Waals surface area contributed by atoms with Crippen LogP contribution in [0.1, 0.15) is 0 Å². The smallest absolute Gasteiger partial charge is 0.142 e. The van der Waals surface area contributed by atoms with E-state index in [0.717, 1.165) is 41.0 Å². The molecule has 0 amide bonds. The van der Waals surface area contributed by atoms with Crippen molar-refractivity contribution in [3.05, 3.63) is 21.2 Å². The number of pyridine rings is 1. The zero-order valence-corrected chi connectivity index (χ0v) is 12.8. The number of aromatic nitrogens is 1. The van der Waals surface area contributed by atoms with E-state index in [0.29, 0.717) is 0 Å². The van der Waals surface area contributed by atoms with E-state index in [9.17, 15) is 0 Å². The van der Waals surface area contributed by atoms with Crippen LogP contribution in [-0.2, 0) is 4.74 Å². The maximum Gasteiger partial charge on any atom is 0.142 e. The van der Waals surface area contributed by atoms with Gasteiger partial charge < -0.3 is 15.0 Å². The lowest BCUT2D eigenvalue weighted by Crippen LogP contribution is -2.44. The highest BCUT2D eigenvalue weighted by Crippen LogP contribution is 2.26. The van der Waals surface area contributed by atoms with Gasteiger partial charge in [-0.25, -0.2) is 4.98 Å². The summed E-state index contributed by atoms with van der Waals surface area (Å²) in [6.45, 7) is 3.46. The van der Waals surface area contributed by atoms with Crippen LogP contribution in [0.5, 0.6) is 0 Å². The van der Waals surface area contributed by atoms with Gasteiger partial charge in [-0.2, -0.15) is 0 Å². The van der Waals surface area contributed by atoms with Crippen LogP contribution in [0.15, 0.2) is 21.2 Å². The summed E-state index contributed by atoms with van der Waals surface area (Å²) in [5.74, 6) is 0.933. The summed E-state index contributed by atoms with van der Waals surface area (Å²) < 4.78 is 7.63. The van der Waals surface area contributed by atoms with Gasteiger partial charge in [-0.3, -0.25) is 0 Å². The molecule has 94 valence electrons. The number of nitrogens with zero attached hydrogens (tertiary/aromatic N) is 2. The number of likely N-dealkylation sites (N-methyl/N-ethyl adjacent to an activating group) is 1. The normalized spacial score (nSPS) is 20.3. The predicted octanol–water partition coefficient (Wildman–Crippen LogP) is 2.03. The molecule has 0 bridgehead atoms. The average Bonchev–Trinajstić information content (AvgIpc) is 2.30. The molecule has 1 unspecified atom stereocenters. The van der Waals surface area contributed by atoms with Crippen molar-refractivity contribution in [2.24, 2.45) is 0 Å². The van der Waals surface area contributed by atoms with Crippen molar-refractivity contribution in [2.45, 2.75) is 6.10 Å². The fourth-order valence-corrected chi connectivity index (χ4v) is 3.11. The van der Waals surface area contributed by atoms with E-state index in [1.165, 1.54) is 0 Å². The third-order valence-electron chi connectivity index (χ3n) is 2.63. The number of hydrogen-bond acceptors (Lipinski definition) is 4. The van der Waals surface area contributed by atoms with Crippen LogP contribution in [0, 0.1) is 0 Å². The quantitative estimate of drug-likeness (QED) is 0.890. The Hall–Kier alpha value is -0.170. The average molecular weight is 365 g/mol. The SMILES string of the molecule is CN(CC1CNCCO1)c1ncc(Br)cc1Br. The predicted molar refractivity (Wildman–Crippen MR) is 75.5 cm³/mol. The molecule has 0 saturated carbocycles. The molecule has 1 aromatic heterocycles. The maximum atomic E-state index is 5.68. The van der Waals surface area contributed by atoms with Crippen molar-refractivity contribution in [2.75, 3.05) is 38.2 Å². The van der Waals surface area contributed by atoms with E-state index >= 15 is 0 Å². The van der Waals surface area contributed by atoms with Gasteiger partial charge >= 0.3 is 0 Å². The maximum absolute atomic E-state index is 5.68. The molecule has 1 saturated heterocycles. The lowest BCUT2D eigenvalue weighted by atomic mass is 10.3. The largest absolute Gasteiger partial charge is 0.374 e. The molecular weight excluding hydrogens is 350 g/mol. The first-order valence-electron chi connectivity index (χ1n) is 5.51. The van der Waals surface area contributed by atoms with Gasteiger partial charge in [0.2, 0.25) is 0 Å². The molecule has 0 aromatic carbocycles. The van der Waals surface area contributed by atoms with Crippen molar-refractivity contribution < 1.29 is 4.74 Å². The highest BCUT2D eigenvalue weighted by molar-refractivity contribution is 9.11. The Bertz CT molecular complexity index is 383. The third-order valence-corrected chi connectivity index (χ3v) is 3.65. The minimum absolute atomic E-state index is 0.228. The zero-order chi connectivity index (χ0) is 12.3. The Balaban J connectivity index is 2.00. The fourth-order valence-electron chi connectivity index (χ4n) is 1.82. The van der Waals surface area contributed by atoms with Crippen LogP contribution in [0.25, 0.3) is 0 Å². The molecule has 1 aliphatic heterocycles. The molecule has 0 aliphatic carbocycles. The van der Waals surface area contributed by atoms with Crippen LogP contribution < -0.4 is 10.2 Å². The van der Waals surface area contributed by atoms with E-state index in [1.807, 2.05) is 13.1 Å². The van der Waals surface area contributed by atoms with E-state index < -0.39 is 0 Å². The summed E-state index contributed by atoms with van der Waals surface area (Å²) in [6.07, 6.45) is 2.03. The molecule has 1 atom stereocenters. The fraction of sp³-hybridized carbons (Fsp3) is 0.545. The van der Waals surface area contributed by atoms with E-state index in [1.54, 1.807) is 6.20 Å². The van der Waals surface area contributed by atoms with Gasteiger partial charge in [0.1, 0.15) is 5.82 Å². The molecule has 6 heteroatoms. The van der Waals surface area contributed by atoms with Gasteiger partial charge in [-0.15, -0.1) is 0 Å². The number of anilines is 1. The van der Waals surface area contributed by atoms with Gasteiger partial charge in [0.15, 0.2) is 0 Å². The zero-order valence-electron chi connectivity index (χ0n) is 9.62. The molecule has 1 fully saturated rings. The van der Waals surface area contributed by atoms with Gasteiger partial charge in [0.25, 0.3) is 0 Å². The second kappa shape index (κ2) is 6.13. The van der Waals surface area contributed by atoms with Crippen LogP contribution >= 0.6 is 31.9 Å². The van der Waals surface area contributed by atoms with Crippen molar-refractivity contribution >= 4 is 37.7 Å². The summed E-state index contributed by atoms with van der Waals surface area (Å²) in [7, 11) is 2.03. The molecule has 2 rings (SSSR count). The van der Waals surface area contributed by atoms with Gasteiger partial charge in [0, 0.05) is 37.4 Å². The Morgan fingerprint density at radius 1 is 1.59 bits per heavy atom. The number of ether oxygens (including phenoxy) is 1. The molecule has 1 aliphatic rings. The number of nitrogens with one attached hydrogen (secondary N) is 1. The summed E-state index contributed by atoms with van der Waals surface area (Å²) in [5.41, 5.74) is 0. The second-order valence-electron chi connectivity index (χ2n) is 4.04. The van der Waals surface area contributed by atoms with Gasteiger partial charge in [-0.05, 0) is 37.9 Å². The number of hydrogen-bond donors (Lipinski definition) is 1. The third kappa shape index (κ3) is 3.64. The molecule has 4 nitrogen and oxygen atoms in total. The topological polar surface area (TPSA) is 37.4 Å². The van der Waals surface area contributed by atoms with Crippen LogP contribution in [0.3, 0.4) is 0 Å². The summed E-state index contributed by atoms with van der Waals surface area (Å²) in [5, 5.41) is 3.32. The van der Waals surface area contributed by atoms with Crippen LogP contribution in [0.2, 0.25) is 0 Å². The highest BCUT2D eigenvalue weighted by atomic mass is 79.9. The Morgan fingerprint density at radius 2 is 2.41 bits per heavy atom. The lowest BCUT2D eigenvalue weighted by molar-refractivity contribution is 0.0339. The van der Waals surface area contributed by atoms with E-state index in [-0.39, 0.29) is 6.10 Å². The number of halogens is 2. The monoisotopic (exact) mass is 363 g/mol.